The van der Waals surface area contributed by atoms with Crippen molar-refractivity contribution < 1.29 is 23.8 Å². The normalized spacial score (nSPS) is 21.7. The Labute approximate surface area is 138 Å². The van der Waals surface area contributed by atoms with Crippen LogP contribution >= 0.6 is 0 Å². The van der Waals surface area contributed by atoms with Gasteiger partial charge in [-0.3, -0.25) is 4.90 Å². The lowest BCUT2D eigenvalue weighted by Gasteiger charge is -2.29. The third-order valence-corrected chi connectivity index (χ3v) is 2.97. The number of rotatable bonds is 3. The molecule has 0 bridgehead atoms. The van der Waals surface area contributed by atoms with E-state index in [1.54, 1.807) is 41.5 Å². The lowest BCUT2D eigenvalue weighted by Crippen LogP contribution is -2.45. The van der Waals surface area contributed by atoms with Crippen molar-refractivity contribution in [1.82, 2.24) is 4.90 Å². The molecule has 1 aliphatic heterocycles. The monoisotopic (exact) mass is 325 g/mol. The van der Waals surface area contributed by atoms with Crippen molar-refractivity contribution in [3.05, 3.63) is 0 Å². The Bertz CT molecular complexity index is 445. The standard InChI is InChI=1S/C17H27NO5/c1-8-9-21-12-10-13(14(19)22-16(2,3)4)18(11-12)15(20)23-17(5,6)7/h1,12-13H,9-11H2,2-7H3/t12-,13+/m1/s1. The van der Waals surface area contributed by atoms with Crippen LogP contribution in [0.4, 0.5) is 4.79 Å². The smallest absolute Gasteiger partial charge is 0.411 e. The number of likely N-dealkylation sites (tertiary alicyclic amines) is 1. The maximum absolute atomic E-state index is 12.4. The second-order valence-electron chi connectivity index (χ2n) is 7.55. The largest absolute Gasteiger partial charge is 0.458 e. The van der Waals surface area contributed by atoms with Crippen LogP contribution in [-0.2, 0) is 19.0 Å². The molecule has 0 aromatic heterocycles. The highest BCUT2D eigenvalue weighted by Crippen LogP contribution is 2.25. The van der Waals surface area contributed by atoms with Crippen LogP contribution in [0.3, 0.4) is 0 Å². The van der Waals surface area contributed by atoms with Crippen LogP contribution in [0.25, 0.3) is 0 Å². The van der Waals surface area contributed by atoms with Gasteiger partial charge in [0.15, 0.2) is 0 Å². The van der Waals surface area contributed by atoms with Crippen LogP contribution in [0.2, 0.25) is 0 Å². The van der Waals surface area contributed by atoms with Crippen LogP contribution in [0.15, 0.2) is 0 Å². The number of nitrogens with zero attached hydrogens (tertiary/aromatic N) is 1. The van der Waals surface area contributed by atoms with Crippen LogP contribution < -0.4 is 0 Å². The third-order valence-electron chi connectivity index (χ3n) is 2.97. The van der Waals surface area contributed by atoms with Gasteiger partial charge in [-0.05, 0) is 41.5 Å². The molecule has 1 aliphatic rings. The first-order valence-electron chi connectivity index (χ1n) is 7.70. The van der Waals surface area contributed by atoms with Gasteiger partial charge in [-0.2, -0.15) is 0 Å². The molecular formula is C17H27NO5. The molecule has 2 atom stereocenters. The Kier molecular flexibility index (Phi) is 6.06. The molecule has 0 aromatic rings. The number of hydrogen-bond acceptors (Lipinski definition) is 5. The van der Waals surface area contributed by atoms with Crippen LogP contribution in [-0.4, -0.2) is 53.5 Å². The highest BCUT2D eigenvalue weighted by atomic mass is 16.6. The molecule has 0 spiro atoms. The summed E-state index contributed by atoms with van der Waals surface area (Å²) in [4.78, 5) is 26.1. The summed E-state index contributed by atoms with van der Waals surface area (Å²) in [5.74, 6) is 1.92. The molecular weight excluding hydrogens is 298 g/mol. The second-order valence-corrected chi connectivity index (χ2v) is 7.55. The van der Waals surface area contributed by atoms with Crippen molar-refractivity contribution in [1.29, 1.82) is 0 Å². The molecule has 23 heavy (non-hydrogen) atoms. The van der Waals surface area contributed by atoms with E-state index in [0.29, 0.717) is 6.42 Å². The number of esters is 1. The zero-order valence-corrected chi connectivity index (χ0v) is 14.8. The fourth-order valence-electron chi connectivity index (χ4n) is 2.20. The molecule has 0 unspecified atom stereocenters. The lowest BCUT2D eigenvalue weighted by molar-refractivity contribution is -0.160. The van der Waals surface area contributed by atoms with E-state index in [-0.39, 0.29) is 19.3 Å². The predicted molar refractivity (Wildman–Crippen MR) is 85.8 cm³/mol. The Hall–Kier alpha value is -1.74. The number of carbonyl (C=O) groups is 2. The molecule has 0 aromatic carbocycles. The maximum Gasteiger partial charge on any atom is 0.411 e. The average Bonchev–Trinajstić information content (AvgIpc) is 2.76. The molecule has 1 fully saturated rings. The summed E-state index contributed by atoms with van der Waals surface area (Å²) in [7, 11) is 0. The Morgan fingerprint density at radius 1 is 1.13 bits per heavy atom. The minimum Gasteiger partial charge on any atom is -0.458 e. The first-order chi connectivity index (χ1) is 10.4. The Morgan fingerprint density at radius 2 is 1.70 bits per heavy atom. The number of carbonyl (C=O) groups excluding carboxylic acids is 2. The Balaban J connectivity index is 2.86. The highest BCUT2D eigenvalue weighted by molar-refractivity contribution is 5.82. The topological polar surface area (TPSA) is 65.1 Å². The van der Waals surface area contributed by atoms with Gasteiger partial charge in [0.1, 0.15) is 23.9 Å². The maximum atomic E-state index is 12.4. The molecule has 0 N–H and O–H groups in total. The van der Waals surface area contributed by atoms with Gasteiger partial charge < -0.3 is 14.2 Å². The first kappa shape index (κ1) is 19.3. The molecule has 0 saturated carbocycles. The number of hydrogen-bond donors (Lipinski definition) is 0. The summed E-state index contributed by atoms with van der Waals surface area (Å²) < 4.78 is 16.2. The van der Waals surface area contributed by atoms with Gasteiger partial charge in [0.05, 0.1) is 12.6 Å². The predicted octanol–water partition coefficient (Wildman–Crippen LogP) is 2.36. The van der Waals surface area contributed by atoms with Crippen molar-refractivity contribution in [3.63, 3.8) is 0 Å². The number of ether oxygens (including phenoxy) is 3. The van der Waals surface area contributed by atoms with E-state index in [9.17, 15) is 9.59 Å². The summed E-state index contributed by atoms with van der Waals surface area (Å²) >= 11 is 0. The third kappa shape index (κ3) is 6.49. The molecule has 0 radical (unpaired) electrons. The lowest BCUT2D eigenvalue weighted by atomic mass is 10.1. The van der Waals surface area contributed by atoms with Crippen LogP contribution in [0.5, 0.6) is 0 Å². The zero-order chi connectivity index (χ0) is 17.8. The molecule has 1 rings (SSSR count). The van der Waals surface area contributed by atoms with Gasteiger partial charge >= 0.3 is 12.1 Å². The number of terminal acetylenes is 1. The summed E-state index contributed by atoms with van der Waals surface area (Å²) in [6.45, 7) is 11.0. The molecule has 1 saturated heterocycles. The van der Waals surface area contributed by atoms with Crippen molar-refractivity contribution in [3.8, 4) is 12.3 Å². The van der Waals surface area contributed by atoms with E-state index in [2.05, 4.69) is 5.92 Å². The Morgan fingerprint density at radius 3 is 2.17 bits per heavy atom. The van der Waals surface area contributed by atoms with Crippen LogP contribution in [0, 0.1) is 12.3 Å². The van der Waals surface area contributed by atoms with E-state index in [0.717, 1.165) is 0 Å². The summed E-state index contributed by atoms with van der Waals surface area (Å²) in [6, 6.07) is -0.730. The molecule has 6 nitrogen and oxygen atoms in total. The molecule has 6 heteroatoms. The van der Waals surface area contributed by atoms with Crippen molar-refractivity contribution in [2.24, 2.45) is 0 Å². The quantitative estimate of drug-likeness (QED) is 0.589. The fraction of sp³-hybridized carbons (Fsp3) is 0.765. The summed E-state index contributed by atoms with van der Waals surface area (Å²) in [6.07, 6.45) is 4.67. The minimum absolute atomic E-state index is 0.133. The molecule has 1 amide bonds. The zero-order valence-electron chi connectivity index (χ0n) is 14.8. The van der Waals surface area contributed by atoms with Crippen LogP contribution in [0.1, 0.15) is 48.0 Å². The van der Waals surface area contributed by atoms with Gasteiger partial charge in [0.25, 0.3) is 0 Å². The van der Waals surface area contributed by atoms with Gasteiger partial charge in [-0.1, -0.05) is 5.92 Å². The highest BCUT2D eigenvalue weighted by Gasteiger charge is 2.43. The second kappa shape index (κ2) is 7.22. The fourth-order valence-corrected chi connectivity index (χ4v) is 2.20. The van der Waals surface area contributed by atoms with Crippen molar-refractivity contribution in [2.75, 3.05) is 13.2 Å². The van der Waals surface area contributed by atoms with Gasteiger partial charge in [-0.15, -0.1) is 6.42 Å². The first-order valence-corrected chi connectivity index (χ1v) is 7.70. The average molecular weight is 325 g/mol. The van der Waals surface area contributed by atoms with Crippen molar-refractivity contribution in [2.45, 2.75) is 71.3 Å². The summed E-state index contributed by atoms with van der Waals surface area (Å²) in [5.41, 5.74) is -1.28. The number of amides is 1. The van der Waals surface area contributed by atoms with E-state index < -0.39 is 29.3 Å². The minimum atomic E-state index is -0.730. The van der Waals surface area contributed by atoms with Gasteiger partial charge in [0.2, 0.25) is 0 Å². The molecule has 130 valence electrons. The van der Waals surface area contributed by atoms with Gasteiger partial charge in [0, 0.05) is 6.42 Å². The van der Waals surface area contributed by atoms with E-state index in [1.807, 2.05) is 0 Å². The SMILES string of the molecule is C#CCO[C@@H]1C[C@@H](C(=O)OC(C)(C)C)N(C(=O)OC(C)(C)C)C1. The van der Waals surface area contributed by atoms with Gasteiger partial charge in [-0.25, -0.2) is 9.59 Å². The van der Waals surface area contributed by atoms with E-state index in [4.69, 9.17) is 20.6 Å². The molecule has 0 aliphatic carbocycles. The van der Waals surface area contributed by atoms with E-state index >= 15 is 0 Å². The van der Waals surface area contributed by atoms with E-state index in [1.165, 1.54) is 4.90 Å². The molecule has 1 heterocycles. The van der Waals surface area contributed by atoms with Crippen molar-refractivity contribution >= 4 is 12.1 Å². The summed E-state index contributed by atoms with van der Waals surface area (Å²) in [5, 5.41) is 0.